The number of aromatic amines is 1. The molecule has 4 rings (SSSR count). The standard InChI is InChI=1S/C16H21ClN6O2/c17-12-9-18-21-14(12)16(24)19-11-1-2-13-20-22-15(23(13)6-3-11)10-4-7-25-8-5-10/h9-11H,1-8H2,(H,18,21)(H,19,24). The van der Waals surface area contributed by atoms with Crippen molar-refractivity contribution in [3.63, 3.8) is 0 Å². The number of aryl methyl sites for hydroxylation is 1. The Bertz CT molecular complexity index is 752. The minimum absolute atomic E-state index is 0.0797. The summed E-state index contributed by atoms with van der Waals surface area (Å²) in [6, 6.07) is 0.0797. The van der Waals surface area contributed by atoms with E-state index in [1.165, 1.54) is 6.20 Å². The molecule has 9 heteroatoms. The molecule has 2 aromatic heterocycles. The predicted molar refractivity (Wildman–Crippen MR) is 90.6 cm³/mol. The van der Waals surface area contributed by atoms with Crippen molar-refractivity contribution >= 4 is 17.5 Å². The molecule has 134 valence electrons. The second-order valence-corrected chi connectivity index (χ2v) is 7.01. The van der Waals surface area contributed by atoms with Crippen molar-refractivity contribution in [1.82, 2.24) is 30.3 Å². The van der Waals surface area contributed by atoms with Crippen LogP contribution in [-0.2, 0) is 17.7 Å². The van der Waals surface area contributed by atoms with Gasteiger partial charge >= 0.3 is 0 Å². The lowest BCUT2D eigenvalue weighted by Gasteiger charge is -2.22. The average Bonchev–Trinajstić information content (AvgIpc) is 3.19. The number of hydrogen-bond acceptors (Lipinski definition) is 5. The van der Waals surface area contributed by atoms with Gasteiger partial charge in [0.2, 0.25) is 0 Å². The fourth-order valence-electron chi connectivity index (χ4n) is 3.60. The van der Waals surface area contributed by atoms with Crippen molar-refractivity contribution in [2.45, 2.75) is 50.6 Å². The fraction of sp³-hybridized carbons (Fsp3) is 0.625. The molecule has 4 heterocycles. The van der Waals surface area contributed by atoms with Crippen LogP contribution in [0.25, 0.3) is 0 Å². The second kappa shape index (κ2) is 7.13. The summed E-state index contributed by atoms with van der Waals surface area (Å²) in [7, 11) is 0. The molecule has 0 bridgehead atoms. The quantitative estimate of drug-likeness (QED) is 0.863. The second-order valence-electron chi connectivity index (χ2n) is 6.60. The summed E-state index contributed by atoms with van der Waals surface area (Å²) in [5.41, 5.74) is 0.313. The van der Waals surface area contributed by atoms with Gasteiger partial charge in [0, 0.05) is 38.1 Å². The number of carbonyl (C=O) groups is 1. The molecular weight excluding hydrogens is 344 g/mol. The molecule has 8 nitrogen and oxygen atoms in total. The summed E-state index contributed by atoms with van der Waals surface area (Å²) >= 11 is 5.96. The van der Waals surface area contributed by atoms with Crippen LogP contribution in [0.2, 0.25) is 5.02 Å². The first-order chi connectivity index (χ1) is 12.2. The third kappa shape index (κ3) is 3.41. The van der Waals surface area contributed by atoms with E-state index in [0.717, 1.165) is 63.5 Å². The van der Waals surface area contributed by atoms with E-state index in [4.69, 9.17) is 16.3 Å². The van der Waals surface area contributed by atoms with Gasteiger partial charge in [-0.1, -0.05) is 11.6 Å². The summed E-state index contributed by atoms with van der Waals surface area (Å²) in [5.74, 6) is 2.29. The van der Waals surface area contributed by atoms with Crippen molar-refractivity contribution in [1.29, 1.82) is 0 Å². The van der Waals surface area contributed by atoms with Crippen molar-refractivity contribution in [2.75, 3.05) is 13.2 Å². The van der Waals surface area contributed by atoms with E-state index in [2.05, 4.69) is 30.3 Å². The number of ether oxygens (including phenoxy) is 1. The highest BCUT2D eigenvalue weighted by Crippen LogP contribution is 2.28. The van der Waals surface area contributed by atoms with Gasteiger partial charge in [-0.15, -0.1) is 10.2 Å². The van der Waals surface area contributed by atoms with Gasteiger partial charge in [0.25, 0.3) is 5.91 Å². The van der Waals surface area contributed by atoms with E-state index >= 15 is 0 Å². The Morgan fingerprint density at radius 3 is 2.88 bits per heavy atom. The maximum Gasteiger partial charge on any atom is 0.271 e. The minimum atomic E-state index is -0.213. The molecule has 0 aromatic carbocycles. The zero-order valence-corrected chi connectivity index (χ0v) is 14.6. The first-order valence-electron chi connectivity index (χ1n) is 8.72. The van der Waals surface area contributed by atoms with Crippen LogP contribution < -0.4 is 5.32 Å². The Balaban J connectivity index is 1.43. The number of hydrogen-bond donors (Lipinski definition) is 2. The summed E-state index contributed by atoms with van der Waals surface area (Å²) in [6.07, 6.45) is 5.91. The smallest absolute Gasteiger partial charge is 0.271 e. The van der Waals surface area contributed by atoms with E-state index in [0.29, 0.717) is 16.6 Å². The SMILES string of the molecule is O=C(NC1CCc2nnc(C3CCOCC3)n2CC1)c1[nH]ncc1Cl. The van der Waals surface area contributed by atoms with E-state index in [-0.39, 0.29) is 11.9 Å². The van der Waals surface area contributed by atoms with E-state index in [1.807, 2.05) is 0 Å². The molecule has 2 N–H and O–H groups in total. The van der Waals surface area contributed by atoms with Crippen LogP contribution in [0.1, 0.15) is 53.7 Å². The van der Waals surface area contributed by atoms with Crippen LogP contribution in [0, 0.1) is 0 Å². The molecule has 1 amide bonds. The number of H-pyrrole nitrogens is 1. The van der Waals surface area contributed by atoms with Gasteiger partial charge in [-0.3, -0.25) is 9.89 Å². The average molecular weight is 365 g/mol. The number of nitrogens with one attached hydrogen (secondary N) is 2. The Morgan fingerprint density at radius 2 is 2.12 bits per heavy atom. The zero-order chi connectivity index (χ0) is 17.2. The van der Waals surface area contributed by atoms with Gasteiger partial charge in [-0.2, -0.15) is 5.10 Å². The van der Waals surface area contributed by atoms with E-state index < -0.39 is 0 Å². The first-order valence-corrected chi connectivity index (χ1v) is 9.09. The lowest BCUT2D eigenvalue weighted by atomic mass is 9.99. The Kier molecular flexibility index (Phi) is 4.72. The zero-order valence-electron chi connectivity index (χ0n) is 13.9. The summed E-state index contributed by atoms with van der Waals surface area (Å²) in [5, 5.41) is 18.7. The van der Waals surface area contributed by atoms with Crippen LogP contribution in [0.4, 0.5) is 0 Å². The minimum Gasteiger partial charge on any atom is -0.381 e. The molecule has 2 aliphatic rings. The van der Waals surface area contributed by atoms with Crippen molar-refractivity contribution in [2.24, 2.45) is 0 Å². The normalized spacial score (nSPS) is 21.6. The summed E-state index contributed by atoms with van der Waals surface area (Å²) < 4.78 is 7.69. The van der Waals surface area contributed by atoms with Gasteiger partial charge in [0.15, 0.2) is 0 Å². The predicted octanol–water partition coefficient (Wildman–Crippen LogP) is 1.68. The monoisotopic (exact) mass is 364 g/mol. The highest BCUT2D eigenvalue weighted by atomic mass is 35.5. The van der Waals surface area contributed by atoms with Gasteiger partial charge in [0.05, 0.1) is 11.2 Å². The maximum absolute atomic E-state index is 12.3. The first kappa shape index (κ1) is 16.5. The molecule has 1 unspecified atom stereocenters. The van der Waals surface area contributed by atoms with Crippen molar-refractivity contribution < 1.29 is 9.53 Å². The van der Waals surface area contributed by atoms with Gasteiger partial charge in [-0.25, -0.2) is 0 Å². The molecular formula is C16H21ClN6O2. The lowest BCUT2D eigenvalue weighted by molar-refractivity contribution is 0.0826. The van der Waals surface area contributed by atoms with E-state index in [9.17, 15) is 4.79 Å². The Morgan fingerprint density at radius 1 is 1.28 bits per heavy atom. The van der Waals surface area contributed by atoms with Crippen molar-refractivity contribution in [3.05, 3.63) is 28.6 Å². The summed E-state index contributed by atoms with van der Waals surface area (Å²) in [6.45, 7) is 2.39. The topological polar surface area (TPSA) is 97.7 Å². The number of carbonyl (C=O) groups excluding carboxylic acids is 1. The summed E-state index contributed by atoms with van der Waals surface area (Å²) in [4.78, 5) is 12.3. The number of amides is 1. The van der Waals surface area contributed by atoms with Gasteiger partial charge in [-0.05, 0) is 25.7 Å². The molecule has 2 aromatic rings. The van der Waals surface area contributed by atoms with Crippen LogP contribution in [0.5, 0.6) is 0 Å². The molecule has 0 aliphatic carbocycles. The molecule has 0 radical (unpaired) electrons. The molecule has 0 saturated carbocycles. The number of aromatic nitrogens is 5. The highest BCUT2D eigenvalue weighted by Gasteiger charge is 2.27. The molecule has 1 atom stereocenters. The van der Waals surface area contributed by atoms with Crippen molar-refractivity contribution in [3.8, 4) is 0 Å². The van der Waals surface area contributed by atoms with E-state index in [1.54, 1.807) is 0 Å². The third-order valence-corrected chi connectivity index (χ3v) is 5.30. The molecule has 0 spiro atoms. The number of fused-ring (bicyclic) bond motifs is 1. The molecule has 2 aliphatic heterocycles. The molecule has 1 saturated heterocycles. The Hall–Kier alpha value is -1.93. The lowest BCUT2D eigenvalue weighted by Crippen LogP contribution is -2.35. The van der Waals surface area contributed by atoms with Crippen LogP contribution in [0.3, 0.4) is 0 Å². The molecule has 1 fully saturated rings. The van der Waals surface area contributed by atoms with Gasteiger partial charge < -0.3 is 14.6 Å². The van der Waals surface area contributed by atoms with Gasteiger partial charge in [0.1, 0.15) is 17.3 Å². The van der Waals surface area contributed by atoms with Crippen LogP contribution in [-0.4, -0.2) is 50.1 Å². The maximum atomic E-state index is 12.3. The fourth-order valence-corrected chi connectivity index (χ4v) is 3.78. The van der Waals surface area contributed by atoms with Crippen LogP contribution in [0.15, 0.2) is 6.20 Å². The highest BCUT2D eigenvalue weighted by molar-refractivity contribution is 6.33. The number of rotatable bonds is 3. The third-order valence-electron chi connectivity index (χ3n) is 5.02. The number of halogens is 1. The Labute approximate surface area is 150 Å². The number of nitrogens with zero attached hydrogens (tertiary/aromatic N) is 4. The molecule has 25 heavy (non-hydrogen) atoms. The largest absolute Gasteiger partial charge is 0.381 e. The van der Waals surface area contributed by atoms with Crippen LogP contribution >= 0.6 is 11.6 Å².